The summed E-state index contributed by atoms with van der Waals surface area (Å²) in [6.45, 7) is 5.68. The fourth-order valence-corrected chi connectivity index (χ4v) is 5.28. The summed E-state index contributed by atoms with van der Waals surface area (Å²) >= 11 is 0. The number of nitrogens with zero attached hydrogens (tertiary/aromatic N) is 1. The Morgan fingerprint density at radius 1 is 0.964 bits per heavy atom. The van der Waals surface area contributed by atoms with E-state index in [4.69, 9.17) is 14.2 Å². The molecule has 5 heteroatoms. The molecule has 0 amide bonds. The van der Waals surface area contributed by atoms with Gasteiger partial charge in [0.1, 0.15) is 0 Å². The quantitative estimate of drug-likeness (QED) is 0.400. The molecule has 2 rings (SSSR count). The number of hydrogen-bond acceptors (Lipinski definition) is 4. The van der Waals surface area contributed by atoms with Gasteiger partial charge in [0.05, 0.1) is 7.11 Å². The van der Waals surface area contributed by atoms with Gasteiger partial charge in [-0.3, -0.25) is 0 Å². The van der Waals surface area contributed by atoms with Crippen molar-refractivity contribution in [3.63, 3.8) is 0 Å². The number of benzene rings is 2. The van der Waals surface area contributed by atoms with Crippen LogP contribution in [0, 0.1) is 0 Å². The van der Waals surface area contributed by atoms with Crippen LogP contribution in [0.15, 0.2) is 42.5 Å². The van der Waals surface area contributed by atoms with Crippen LogP contribution in [-0.4, -0.2) is 40.0 Å². The SMILES string of the molecule is CCC(CC)(Pc1ccccc1CN(C)C)c1cccc(OC)c1OCOC. The highest BCUT2D eigenvalue weighted by atomic mass is 31.1. The van der Waals surface area contributed by atoms with E-state index in [0.717, 1.165) is 30.9 Å². The van der Waals surface area contributed by atoms with Crippen LogP contribution >= 0.6 is 8.58 Å². The summed E-state index contributed by atoms with van der Waals surface area (Å²) in [5.74, 6) is 1.56. The van der Waals surface area contributed by atoms with Crippen LogP contribution in [0.2, 0.25) is 0 Å². The normalized spacial score (nSPS) is 12.1. The number of para-hydroxylation sites is 1. The van der Waals surface area contributed by atoms with Crippen LogP contribution < -0.4 is 14.8 Å². The van der Waals surface area contributed by atoms with Crippen molar-refractivity contribution in [1.29, 1.82) is 0 Å². The molecule has 2 aromatic rings. The zero-order valence-corrected chi connectivity index (χ0v) is 19.0. The Kier molecular flexibility index (Phi) is 8.75. The Bertz CT molecular complexity index is 744. The summed E-state index contributed by atoms with van der Waals surface area (Å²) in [5, 5.41) is 1.40. The third-order valence-corrected chi connectivity index (χ3v) is 7.33. The molecule has 1 unspecified atom stereocenters. The van der Waals surface area contributed by atoms with Crippen LogP contribution in [0.25, 0.3) is 0 Å². The summed E-state index contributed by atoms with van der Waals surface area (Å²) < 4.78 is 16.8. The third-order valence-electron chi connectivity index (χ3n) is 5.12. The maximum Gasteiger partial charge on any atom is 0.188 e. The lowest BCUT2D eigenvalue weighted by atomic mass is 9.91. The van der Waals surface area contributed by atoms with Gasteiger partial charge in [-0.25, -0.2) is 0 Å². The van der Waals surface area contributed by atoms with E-state index < -0.39 is 0 Å². The molecular weight excluding hydrogens is 369 g/mol. The first kappa shape index (κ1) is 22.7. The van der Waals surface area contributed by atoms with Crippen molar-refractivity contribution in [1.82, 2.24) is 4.90 Å². The minimum Gasteiger partial charge on any atom is -0.493 e. The fraction of sp³-hybridized carbons (Fsp3) is 0.478. The lowest BCUT2D eigenvalue weighted by molar-refractivity contribution is 0.0479. The van der Waals surface area contributed by atoms with Crippen molar-refractivity contribution < 1.29 is 14.2 Å². The molecule has 2 aromatic carbocycles. The molecule has 154 valence electrons. The fourth-order valence-electron chi connectivity index (χ4n) is 3.57. The molecule has 0 saturated carbocycles. The average Bonchev–Trinajstić information content (AvgIpc) is 2.71. The van der Waals surface area contributed by atoms with Gasteiger partial charge in [0.2, 0.25) is 0 Å². The van der Waals surface area contributed by atoms with Gasteiger partial charge >= 0.3 is 0 Å². The Labute approximate surface area is 172 Å². The average molecular weight is 404 g/mol. The summed E-state index contributed by atoms with van der Waals surface area (Å²) in [5.41, 5.74) is 2.59. The van der Waals surface area contributed by atoms with Gasteiger partial charge in [0.25, 0.3) is 0 Å². The first-order valence-electron chi connectivity index (χ1n) is 9.81. The summed E-state index contributed by atoms with van der Waals surface area (Å²) in [6, 6.07) is 15.0. The monoisotopic (exact) mass is 403 g/mol. The minimum absolute atomic E-state index is 0.0139. The van der Waals surface area contributed by atoms with E-state index in [1.807, 2.05) is 6.07 Å². The van der Waals surface area contributed by atoms with Crippen LogP contribution in [0.1, 0.15) is 37.8 Å². The van der Waals surface area contributed by atoms with Gasteiger partial charge in [0, 0.05) is 24.4 Å². The van der Waals surface area contributed by atoms with Crippen LogP contribution in [0.5, 0.6) is 11.5 Å². The van der Waals surface area contributed by atoms with Crippen LogP contribution in [-0.2, 0) is 16.4 Å². The molecule has 0 radical (unpaired) electrons. The molecule has 0 bridgehead atoms. The van der Waals surface area contributed by atoms with E-state index in [1.165, 1.54) is 16.4 Å². The highest BCUT2D eigenvalue weighted by molar-refractivity contribution is 7.48. The molecule has 0 saturated heterocycles. The summed E-state index contributed by atoms with van der Waals surface area (Å²) in [6.07, 6.45) is 2.05. The van der Waals surface area contributed by atoms with E-state index in [9.17, 15) is 0 Å². The molecule has 0 fully saturated rings. The Morgan fingerprint density at radius 3 is 2.29 bits per heavy atom. The zero-order chi connectivity index (χ0) is 20.6. The topological polar surface area (TPSA) is 30.9 Å². The maximum absolute atomic E-state index is 6.00. The van der Waals surface area contributed by atoms with Gasteiger partial charge in [-0.1, -0.05) is 58.8 Å². The number of ether oxygens (including phenoxy) is 3. The van der Waals surface area contributed by atoms with Gasteiger partial charge in [0.15, 0.2) is 18.3 Å². The molecule has 0 aliphatic rings. The molecule has 0 N–H and O–H groups in total. The molecule has 0 aromatic heterocycles. The lowest BCUT2D eigenvalue weighted by Crippen LogP contribution is -2.25. The Morgan fingerprint density at radius 2 is 1.68 bits per heavy atom. The van der Waals surface area contributed by atoms with E-state index in [2.05, 4.69) is 69.2 Å². The number of hydrogen-bond donors (Lipinski definition) is 0. The smallest absolute Gasteiger partial charge is 0.188 e. The second kappa shape index (κ2) is 10.8. The van der Waals surface area contributed by atoms with E-state index in [-0.39, 0.29) is 11.9 Å². The molecule has 0 aliphatic heterocycles. The molecular formula is C23H34NO3P. The zero-order valence-electron chi connectivity index (χ0n) is 18.0. The molecule has 28 heavy (non-hydrogen) atoms. The predicted octanol–water partition coefficient (Wildman–Crippen LogP) is 4.76. The molecule has 0 heterocycles. The minimum atomic E-state index is -0.0139. The lowest BCUT2D eigenvalue weighted by Gasteiger charge is -2.35. The standard InChI is InChI=1S/C23H34NO3P/c1-7-23(8-2,28-21-15-10-9-12-18(21)16-24(3)4)19-13-11-14-20(26-6)22(19)27-17-25-5/h9-15,28H,7-8,16-17H2,1-6H3. The van der Waals surface area contributed by atoms with Crippen molar-refractivity contribution in [2.45, 2.75) is 38.4 Å². The number of methoxy groups -OCH3 is 2. The van der Waals surface area contributed by atoms with Crippen molar-refractivity contribution in [3.05, 3.63) is 53.6 Å². The van der Waals surface area contributed by atoms with Crippen LogP contribution in [0.4, 0.5) is 0 Å². The highest BCUT2D eigenvalue weighted by Crippen LogP contribution is 2.52. The Hall–Kier alpha value is -1.61. The van der Waals surface area contributed by atoms with Crippen molar-refractivity contribution >= 4 is 13.9 Å². The third kappa shape index (κ3) is 5.26. The van der Waals surface area contributed by atoms with Gasteiger partial charge in [-0.05, 0) is 43.9 Å². The molecule has 4 nitrogen and oxygen atoms in total. The van der Waals surface area contributed by atoms with Gasteiger partial charge in [-0.2, -0.15) is 0 Å². The molecule has 0 aliphatic carbocycles. The second-order valence-electron chi connectivity index (χ2n) is 7.20. The largest absolute Gasteiger partial charge is 0.493 e. The Balaban J connectivity index is 2.53. The second-order valence-corrected chi connectivity index (χ2v) is 8.94. The molecule has 1 atom stereocenters. The first-order chi connectivity index (χ1) is 13.5. The van der Waals surface area contributed by atoms with Crippen molar-refractivity contribution in [2.75, 3.05) is 35.1 Å². The van der Waals surface area contributed by atoms with Gasteiger partial charge in [-0.15, -0.1) is 0 Å². The first-order valence-corrected chi connectivity index (χ1v) is 10.8. The van der Waals surface area contributed by atoms with Gasteiger partial charge < -0.3 is 19.1 Å². The number of rotatable bonds is 11. The van der Waals surface area contributed by atoms with E-state index in [1.54, 1.807) is 14.2 Å². The highest BCUT2D eigenvalue weighted by Gasteiger charge is 2.34. The van der Waals surface area contributed by atoms with Crippen LogP contribution in [0.3, 0.4) is 0 Å². The van der Waals surface area contributed by atoms with Crippen molar-refractivity contribution in [2.24, 2.45) is 0 Å². The van der Waals surface area contributed by atoms with E-state index in [0.29, 0.717) is 8.58 Å². The van der Waals surface area contributed by atoms with Crippen molar-refractivity contribution in [3.8, 4) is 11.5 Å². The summed E-state index contributed by atoms with van der Waals surface area (Å²) in [7, 11) is 8.20. The maximum atomic E-state index is 6.00. The van der Waals surface area contributed by atoms with E-state index >= 15 is 0 Å². The predicted molar refractivity (Wildman–Crippen MR) is 120 cm³/mol. The molecule has 0 spiro atoms. The summed E-state index contributed by atoms with van der Waals surface area (Å²) in [4.78, 5) is 2.22.